The number of hydrogen-bond acceptors (Lipinski definition) is 11. The van der Waals surface area contributed by atoms with Crippen molar-refractivity contribution in [1.29, 1.82) is 5.26 Å². The third-order valence-electron chi connectivity index (χ3n) is 14.5. The molecule has 13 nitrogen and oxygen atoms in total. The molecule has 3 aromatic carbocycles. The quantitative estimate of drug-likeness (QED) is 0.154. The van der Waals surface area contributed by atoms with E-state index in [9.17, 15) is 24.4 Å². The van der Waals surface area contributed by atoms with Crippen molar-refractivity contribution in [2.45, 2.75) is 83.0 Å². The van der Waals surface area contributed by atoms with Crippen molar-refractivity contribution in [3.8, 4) is 11.8 Å². The Labute approximate surface area is 383 Å². The maximum Gasteiger partial charge on any atom is 0.262 e. The summed E-state index contributed by atoms with van der Waals surface area (Å²) in [5.41, 5.74) is 4.38. The van der Waals surface area contributed by atoms with Crippen molar-refractivity contribution in [3.63, 3.8) is 0 Å². The normalized spacial score (nSPS) is 22.5. The van der Waals surface area contributed by atoms with E-state index in [4.69, 9.17) is 21.3 Å². The maximum atomic E-state index is 15.8. The van der Waals surface area contributed by atoms with Crippen LogP contribution in [0.5, 0.6) is 5.75 Å². The number of anilines is 2. The predicted molar refractivity (Wildman–Crippen MR) is 244 cm³/mol. The molecule has 3 unspecified atom stereocenters. The highest BCUT2D eigenvalue weighted by molar-refractivity contribution is 6.30. The summed E-state index contributed by atoms with van der Waals surface area (Å²) in [7, 11) is 0. The van der Waals surface area contributed by atoms with E-state index in [1.807, 2.05) is 53.4 Å². The van der Waals surface area contributed by atoms with Crippen LogP contribution < -0.4 is 19.9 Å². The summed E-state index contributed by atoms with van der Waals surface area (Å²) in [6.07, 6.45) is 5.97. The molecule has 6 heterocycles. The molecule has 338 valence electrons. The van der Waals surface area contributed by atoms with Gasteiger partial charge in [-0.1, -0.05) is 37.6 Å². The van der Waals surface area contributed by atoms with Gasteiger partial charge in [-0.25, -0.2) is 14.4 Å². The van der Waals surface area contributed by atoms with E-state index >= 15 is 4.39 Å². The number of imide groups is 2. The van der Waals surface area contributed by atoms with Crippen molar-refractivity contribution >= 4 is 46.9 Å². The number of nitrogens with zero attached hydrogens (tertiary/aromatic N) is 7. The van der Waals surface area contributed by atoms with Crippen molar-refractivity contribution < 1.29 is 28.3 Å². The number of nitrogens with one attached hydrogen (secondary N) is 1. The lowest BCUT2D eigenvalue weighted by atomic mass is 9.78. The molecule has 0 bridgehead atoms. The SMILES string of the molecule is CC(C)(c1ccc(OCc2ccnc(N3CCC(CN4CCC(C5CCN(c6ccc7c(c6)C(=O)N(C6CCC(=O)NC6=O)C7=O)CC5)CC4)C(F)C3)n2)cc1)c1cc(Cl)cc(C#N)c1. The molecule has 1 N–H and O–H groups in total. The Morgan fingerprint density at radius 1 is 0.831 bits per heavy atom. The Morgan fingerprint density at radius 3 is 2.25 bits per heavy atom. The number of ether oxygens (including phenoxy) is 1. The van der Waals surface area contributed by atoms with Gasteiger partial charge < -0.3 is 19.4 Å². The molecule has 0 radical (unpaired) electrons. The van der Waals surface area contributed by atoms with Gasteiger partial charge in [0.05, 0.1) is 35.0 Å². The third-order valence-corrected chi connectivity index (χ3v) is 14.7. The second-order valence-electron chi connectivity index (χ2n) is 18.8. The lowest BCUT2D eigenvalue weighted by molar-refractivity contribution is -0.136. The van der Waals surface area contributed by atoms with E-state index in [2.05, 4.69) is 40.0 Å². The van der Waals surface area contributed by atoms with Gasteiger partial charge in [0.15, 0.2) is 0 Å². The van der Waals surface area contributed by atoms with E-state index < -0.39 is 35.8 Å². The van der Waals surface area contributed by atoms with Crippen LogP contribution in [0.25, 0.3) is 0 Å². The van der Waals surface area contributed by atoms with E-state index in [-0.39, 0.29) is 37.3 Å². The molecule has 15 heteroatoms. The number of piperidine rings is 4. The minimum absolute atomic E-state index is 0.0385. The van der Waals surface area contributed by atoms with Gasteiger partial charge in [-0.2, -0.15) is 5.26 Å². The van der Waals surface area contributed by atoms with Crippen LogP contribution in [0.3, 0.4) is 0 Å². The van der Waals surface area contributed by atoms with Crippen LogP contribution in [-0.2, 0) is 21.6 Å². The summed E-state index contributed by atoms with van der Waals surface area (Å²) < 4.78 is 21.9. The standard InChI is InChI=1S/C50H54ClFN8O5/c1-50(2,36-23-31(27-53)24-37(51)25-36)35-3-6-40(7-4-35)65-30-38-11-17-54-49(55-38)59-22-16-34(43(52)29-59)28-57-18-12-32(13-19-57)33-14-20-58(21-15-33)39-5-8-41-42(26-39)48(64)60(47(41)63)44-9-10-45(61)56-46(44)62/h3-8,11,17,23-26,32-34,43-44H,9-10,12-16,18-22,28-30H2,1-2H3,(H,56,61,62). The number of hydrogen-bond donors (Lipinski definition) is 1. The van der Waals surface area contributed by atoms with Crippen LogP contribution in [0.4, 0.5) is 16.0 Å². The molecule has 0 saturated carbocycles. The fourth-order valence-corrected chi connectivity index (χ4v) is 10.7. The van der Waals surface area contributed by atoms with Gasteiger partial charge in [-0.3, -0.25) is 29.4 Å². The van der Waals surface area contributed by atoms with Crippen LogP contribution in [0.1, 0.15) is 102 Å². The smallest absolute Gasteiger partial charge is 0.262 e. The van der Waals surface area contributed by atoms with Crippen molar-refractivity contribution in [1.82, 2.24) is 25.1 Å². The first-order valence-corrected chi connectivity index (χ1v) is 23.2. The molecule has 65 heavy (non-hydrogen) atoms. The van der Waals surface area contributed by atoms with Crippen LogP contribution in [-0.4, -0.2) is 101 Å². The van der Waals surface area contributed by atoms with Gasteiger partial charge in [-0.15, -0.1) is 0 Å². The van der Waals surface area contributed by atoms with E-state index in [1.54, 1.807) is 24.4 Å². The Bertz CT molecular complexity index is 2520. The number of halogens is 2. The number of carbonyl (C=O) groups excluding carboxylic acids is 4. The number of benzene rings is 3. The molecular formula is C50H54ClFN8O5. The Morgan fingerprint density at radius 2 is 1.54 bits per heavy atom. The molecule has 5 aliphatic heterocycles. The van der Waals surface area contributed by atoms with Crippen LogP contribution >= 0.6 is 11.6 Å². The summed E-state index contributed by atoms with van der Waals surface area (Å²) in [5, 5.41) is 12.2. The number of aromatic nitrogens is 2. The average molecular weight is 901 g/mol. The Balaban J connectivity index is 0.710. The second kappa shape index (κ2) is 18.5. The van der Waals surface area contributed by atoms with E-state index in [0.717, 1.165) is 86.5 Å². The molecule has 0 spiro atoms. The zero-order valence-electron chi connectivity index (χ0n) is 36.8. The molecule has 9 rings (SSSR count). The molecule has 0 aliphatic carbocycles. The molecule has 3 atom stereocenters. The number of fused-ring (bicyclic) bond motifs is 1. The summed E-state index contributed by atoms with van der Waals surface area (Å²) in [5.74, 6) is 0.427. The highest BCUT2D eigenvalue weighted by Gasteiger charge is 2.45. The fourth-order valence-electron chi connectivity index (χ4n) is 10.5. The highest BCUT2D eigenvalue weighted by atomic mass is 35.5. The van der Waals surface area contributed by atoms with Gasteiger partial charge in [0.2, 0.25) is 17.8 Å². The molecular weight excluding hydrogens is 847 g/mol. The fraction of sp³-hybridized carbons (Fsp3) is 0.460. The number of likely N-dealkylation sites (tertiary alicyclic amines) is 1. The summed E-state index contributed by atoms with van der Waals surface area (Å²) >= 11 is 6.30. The summed E-state index contributed by atoms with van der Waals surface area (Å²) in [6.45, 7) is 9.81. The lowest BCUT2D eigenvalue weighted by Gasteiger charge is -2.42. The van der Waals surface area contributed by atoms with Crippen LogP contribution in [0, 0.1) is 29.1 Å². The average Bonchev–Trinajstić information content (AvgIpc) is 3.56. The van der Waals surface area contributed by atoms with Gasteiger partial charge >= 0.3 is 0 Å². The minimum Gasteiger partial charge on any atom is -0.487 e. The molecule has 1 aromatic heterocycles. The zero-order chi connectivity index (χ0) is 45.4. The zero-order valence-corrected chi connectivity index (χ0v) is 37.6. The molecule has 4 saturated heterocycles. The van der Waals surface area contributed by atoms with Crippen molar-refractivity contribution in [2.75, 3.05) is 55.6 Å². The monoisotopic (exact) mass is 900 g/mol. The maximum absolute atomic E-state index is 15.8. The summed E-state index contributed by atoms with van der Waals surface area (Å²) in [6, 6.07) is 21.7. The molecule has 4 amide bonds. The first-order chi connectivity index (χ1) is 31.3. The van der Waals surface area contributed by atoms with Crippen molar-refractivity contribution in [2.24, 2.45) is 17.8 Å². The van der Waals surface area contributed by atoms with E-state index in [0.29, 0.717) is 57.5 Å². The summed E-state index contributed by atoms with van der Waals surface area (Å²) in [4.78, 5) is 67.6. The topological polar surface area (TPSA) is 152 Å². The van der Waals surface area contributed by atoms with Crippen LogP contribution in [0.15, 0.2) is 72.9 Å². The molecule has 4 aromatic rings. The van der Waals surface area contributed by atoms with Crippen LogP contribution in [0.2, 0.25) is 5.02 Å². The number of carbonyl (C=O) groups is 4. The number of nitriles is 1. The van der Waals surface area contributed by atoms with Gasteiger partial charge in [0.25, 0.3) is 11.8 Å². The minimum atomic E-state index is -0.983. The first-order valence-electron chi connectivity index (χ1n) is 22.8. The van der Waals surface area contributed by atoms with Gasteiger partial charge in [-0.05, 0) is 129 Å². The van der Waals surface area contributed by atoms with E-state index in [1.165, 1.54) is 0 Å². The van der Waals surface area contributed by atoms with Gasteiger partial charge in [0.1, 0.15) is 24.6 Å². The number of amides is 4. The first kappa shape index (κ1) is 44.3. The lowest BCUT2D eigenvalue weighted by Crippen LogP contribution is -2.54. The Hall–Kier alpha value is -5.91. The van der Waals surface area contributed by atoms with Gasteiger partial charge in [0, 0.05) is 60.8 Å². The number of alkyl halides is 1. The second-order valence-corrected chi connectivity index (χ2v) is 19.2. The number of rotatable bonds is 11. The largest absolute Gasteiger partial charge is 0.487 e. The highest BCUT2D eigenvalue weighted by Crippen LogP contribution is 2.38. The van der Waals surface area contributed by atoms with Crippen molar-refractivity contribution in [3.05, 3.63) is 111 Å². The molecule has 5 aliphatic rings. The molecule has 4 fully saturated rings. The Kier molecular flexibility index (Phi) is 12.6. The predicted octanol–water partition coefficient (Wildman–Crippen LogP) is 7.10. The third kappa shape index (κ3) is 9.31.